The van der Waals surface area contributed by atoms with Gasteiger partial charge in [-0.3, -0.25) is 9.69 Å². The van der Waals surface area contributed by atoms with Crippen molar-refractivity contribution in [3.05, 3.63) is 17.3 Å². The fourth-order valence-corrected chi connectivity index (χ4v) is 2.24. The molecule has 0 aliphatic carbocycles. The van der Waals surface area contributed by atoms with Gasteiger partial charge in [0.05, 0.1) is 23.1 Å². The highest BCUT2D eigenvalue weighted by Crippen LogP contribution is 2.26. The summed E-state index contributed by atoms with van der Waals surface area (Å²) in [5.74, 6) is -0.636. The molecule has 19 heavy (non-hydrogen) atoms. The van der Waals surface area contributed by atoms with Crippen LogP contribution in [0, 0.1) is 17.2 Å². The number of nitriles is 1. The van der Waals surface area contributed by atoms with E-state index in [1.165, 1.54) is 12.3 Å². The Morgan fingerprint density at radius 2 is 2.47 bits per heavy atom. The van der Waals surface area contributed by atoms with Crippen LogP contribution in [0.15, 0.2) is 12.3 Å². The smallest absolute Gasteiger partial charge is 0.230 e. The second kappa shape index (κ2) is 5.43. The maximum Gasteiger partial charge on any atom is 0.230 e. The molecule has 1 saturated heterocycles. The fraction of sp³-hybridized carbons (Fsp3) is 0.417. The first-order valence-corrected chi connectivity index (χ1v) is 6.14. The van der Waals surface area contributed by atoms with Gasteiger partial charge >= 0.3 is 0 Å². The van der Waals surface area contributed by atoms with Crippen molar-refractivity contribution in [2.45, 2.75) is 12.5 Å². The summed E-state index contributed by atoms with van der Waals surface area (Å²) in [5.41, 5.74) is 0. The number of nitrogens with zero attached hydrogens (tertiary/aromatic N) is 3. The quantitative estimate of drug-likeness (QED) is 0.850. The van der Waals surface area contributed by atoms with E-state index >= 15 is 0 Å². The Labute approximate surface area is 115 Å². The van der Waals surface area contributed by atoms with Gasteiger partial charge in [0.1, 0.15) is 0 Å². The maximum absolute atomic E-state index is 12.0. The first-order chi connectivity index (χ1) is 9.01. The monoisotopic (exact) mass is 280 g/mol. The number of carbonyl (C=O) groups excluding carboxylic acids is 1. The van der Waals surface area contributed by atoms with E-state index in [-0.39, 0.29) is 29.4 Å². The number of amides is 1. The summed E-state index contributed by atoms with van der Waals surface area (Å²) in [7, 11) is 1.80. The number of hydrogen-bond acceptors (Lipinski definition) is 5. The van der Waals surface area contributed by atoms with Crippen molar-refractivity contribution in [2.75, 3.05) is 18.9 Å². The molecule has 2 N–H and O–H groups in total. The normalized spacial score (nSPS) is 23.0. The number of aromatic nitrogens is 1. The predicted octanol–water partition coefficient (Wildman–Crippen LogP) is 1.22. The van der Waals surface area contributed by atoms with Gasteiger partial charge in [-0.25, -0.2) is 4.98 Å². The summed E-state index contributed by atoms with van der Waals surface area (Å²) in [6.45, 7) is 0.512. The van der Waals surface area contributed by atoms with Gasteiger partial charge in [-0.05, 0) is 13.5 Å². The van der Waals surface area contributed by atoms with Crippen LogP contribution < -0.4 is 5.32 Å². The molecule has 6 nitrogen and oxygen atoms in total. The Morgan fingerprint density at radius 1 is 1.74 bits per heavy atom. The van der Waals surface area contributed by atoms with Gasteiger partial charge in [0.2, 0.25) is 5.91 Å². The highest BCUT2D eigenvalue weighted by atomic mass is 35.5. The topological polar surface area (TPSA) is 89.2 Å². The average Bonchev–Trinajstić information content (AvgIpc) is 2.74. The van der Waals surface area contributed by atoms with Crippen LogP contribution in [0.2, 0.25) is 5.02 Å². The lowest BCUT2D eigenvalue weighted by Crippen LogP contribution is -2.26. The average molecular weight is 281 g/mol. The van der Waals surface area contributed by atoms with E-state index in [1.54, 1.807) is 7.05 Å². The molecule has 2 rings (SSSR count). The van der Waals surface area contributed by atoms with Crippen LogP contribution >= 0.6 is 11.6 Å². The molecule has 1 amide bonds. The van der Waals surface area contributed by atoms with Crippen LogP contribution in [0.1, 0.15) is 6.42 Å². The molecule has 1 aromatic heterocycles. The van der Waals surface area contributed by atoms with Gasteiger partial charge in [0, 0.05) is 18.8 Å². The minimum Gasteiger partial charge on any atom is -0.504 e. The highest BCUT2D eigenvalue weighted by molar-refractivity contribution is 6.30. The van der Waals surface area contributed by atoms with Crippen molar-refractivity contribution < 1.29 is 9.90 Å². The second-order valence-electron chi connectivity index (χ2n) is 4.53. The third kappa shape index (κ3) is 2.95. The van der Waals surface area contributed by atoms with E-state index < -0.39 is 0 Å². The number of halogens is 1. The van der Waals surface area contributed by atoms with Gasteiger partial charge in [0.25, 0.3) is 0 Å². The van der Waals surface area contributed by atoms with Crippen LogP contribution in [0.4, 0.5) is 5.82 Å². The van der Waals surface area contributed by atoms with E-state index in [9.17, 15) is 9.90 Å². The van der Waals surface area contributed by atoms with Crippen LogP contribution in [-0.4, -0.2) is 40.5 Å². The summed E-state index contributed by atoms with van der Waals surface area (Å²) >= 11 is 5.66. The fourth-order valence-electron chi connectivity index (χ4n) is 2.08. The first kappa shape index (κ1) is 13.6. The SMILES string of the molecule is CN1CC(C(=O)Nc2ncc(Cl)cc2O)CC1C#N. The molecule has 1 aromatic rings. The number of rotatable bonds is 2. The Hall–Kier alpha value is -1.84. The molecule has 2 unspecified atom stereocenters. The molecule has 0 radical (unpaired) electrons. The molecule has 1 aliphatic heterocycles. The Bertz CT molecular complexity index is 543. The van der Waals surface area contributed by atoms with Crippen molar-refractivity contribution in [1.82, 2.24) is 9.88 Å². The third-order valence-corrected chi connectivity index (χ3v) is 3.35. The predicted molar refractivity (Wildman–Crippen MR) is 69.7 cm³/mol. The van der Waals surface area contributed by atoms with Gasteiger partial charge in [-0.1, -0.05) is 11.6 Å². The van der Waals surface area contributed by atoms with Crippen LogP contribution in [0.5, 0.6) is 5.75 Å². The zero-order valence-corrected chi connectivity index (χ0v) is 11.1. The van der Waals surface area contributed by atoms with Gasteiger partial charge in [0.15, 0.2) is 11.6 Å². The molecular weight excluding hydrogens is 268 g/mol. The largest absolute Gasteiger partial charge is 0.504 e. The Balaban J connectivity index is 2.04. The van der Waals surface area contributed by atoms with Crippen molar-refractivity contribution in [3.8, 4) is 11.8 Å². The first-order valence-electron chi connectivity index (χ1n) is 5.76. The van der Waals surface area contributed by atoms with Gasteiger partial charge in [-0.15, -0.1) is 0 Å². The molecule has 0 aromatic carbocycles. The van der Waals surface area contributed by atoms with Crippen LogP contribution in [-0.2, 0) is 4.79 Å². The molecule has 1 aliphatic rings. The minimum atomic E-state index is -0.286. The third-order valence-electron chi connectivity index (χ3n) is 3.14. The molecule has 7 heteroatoms. The lowest BCUT2D eigenvalue weighted by molar-refractivity contribution is -0.119. The van der Waals surface area contributed by atoms with E-state index in [4.69, 9.17) is 16.9 Å². The maximum atomic E-state index is 12.0. The van der Waals surface area contributed by atoms with Crippen LogP contribution in [0.3, 0.4) is 0 Å². The summed E-state index contributed by atoms with van der Waals surface area (Å²) in [6, 6.07) is 3.21. The molecule has 2 atom stereocenters. The van der Waals surface area contributed by atoms with Crippen molar-refractivity contribution in [3.63, 3.8) is 0 Å². The number of aromatic hydroxyl groups is 1. The lowest BCUT2D eigenvalue weighted by atomic mass is 10.1. The van der Waals surface area contributed by atoms with Crippen molar-refractivity contribution in [1.29, 1.82) is 5.26 Å². The van der Waals surface area contributed by atoms with Crippen molar-refractivity contribution >= 4 is 23.3 Å². The molecule has 0 bridgehead atoms. The molecule has 0 spiro atoms. The standard InChI is InChI=1S/C12H13ClN4O2/c1-17-6-7(2-9(17)4-14)12(19)16-11-10(18)3-8(13)5-15-11/h3,5,7,9,18H,2,6H2,1H3,(H,15,16,19). The Morgan fingerprint density at radius 3 is 3.05 bits per heavy atom. The second-order valence-corrected chi connectivity index (χ2v) is 4.96. The number of anilines is 1. The molecule has 2 heterocycles. The number of likely N-dealkylation sites (tertiary alicyclic amines) is 1. The zero-order chi connectivity index (χ0) is 14.0. The zero-order valence-electron chi connectivity index (χ0n) is 10.3. The van der Waals surface area contributed by atoms with E-state index in [0.29, 0.717) is 18.0 Å². The lowest BCUT2D eigenvalue weighted by Gasteiger charge is -2.11. The number of pyridine rings is 1. The number of carbonyl (C=O) groups is 1. The molecule has 100 valence electrons. The minimum absolute atomic E-state index is 0.0810. The van der Waals surface area contributed by atoms with E-state index in [2.05, 4.69) is 16.4 Å². The summed E-state index contributed by atoms with van der Waals surface area (Å²) < 4.78 is 0. The van der Waals surface area contributed by atoms with Crippen molar-refractivity contribution in [2.24, 2.45) is 5.92 Å². The summed E-state index contributed by atoms with van der Waals surface area (Å²) in [4.78, 5) is 17.7. The number of nitrogens with one attached hydrogen (secondary N) is 1. The highest BCUT2D eigenvalue weighted by Gasteiger charge is 2.34. The summed E-state index contributed by atoms with van der Waals surface area (Å²) in [6.07, 6.45) is 1.82. The van der Waals surface area contributed by atoms with E-state index in [1.807, 2.05) is 4.90 Å². The molecular formula is C12H13ClN4O2. The van der Waals surface area contributed by atoms with Gasteiger partial charge < -0.3 is 10.4 Å². The molecule has 0 saturated carbocycles. The van der Waals surface area contributed by atoms with Gasteiger partial charge in [-0.2, -0.15) is 5.26 Å². The Kier molecular flexibility index (Phi) is 3.88. The van der Waals surface area contributed by atoms with Crippen LogP contribution in [0.25, 0.3) is 0 Å². The summed E-state index contributed by atoms with van der Waals surface area (Å²) in [5, 5.41) is 21.4. The van der Waals surface area contributed by atoms with E-state index in [0.717, 1.165) is 0 Å². The molecule has 1 fully saturated rings. The number of hydrogen-bond donors (Lipinski definition) is 2.